The third kappa shape index (κ3) is 4.74. The van der Waals surface area contributed by atoms with Crippen molar-refractivity contribution in [1.29, 1.82) is 0 Å². The van der Waals surface area contributed by atoms with Crippen molar-refractivity contribution < 1.29 is 14.3 Å². The van der Waals surface area contributed by atoms with Crippen molar-refractivity contribution >= 4 is 40.6 Å². The summed E-state index contributed by atoms with van der Waals surface area (Å²) in [6.07, 6.45) is -0.540. The van der Waals surface area contributed by atoms with Crippen LogP contribution in [0.4, 0.5) is 21.9 Å². The van der Waals surface area contributed by atoms with Gasteiger partial charge in [0.25, 0.3) is 5.91 Å². The van der Waals surface area contributed by atoms with Gasteiger partial charge in [0.1, 0.15) is 5.75 Å². The second-order valence-electron chi connectivity index (χ2n) is 6.82. The minimum absolute atomic E-state index is 0.0999. The zero-order valence-electron chi connectivity index (χ0n) is 16.0. The fraction of sp³-hybridized carbons (Fsp3) is 0.300. The van der Waals surface area contributed by atoms with Crippen LogP contribution < -0.4 is 20.3 Å². The minimum Gasteiger partial charge on any atom is -0.479 e. The molecule has 1 aliphatic rings. The number of fused-ring (bicyclic) bond motifs is 1. The fourth-order valence-corrected chi connectivity index (χ4v) is 2.97. The number of benzene rings is 2. The molecule has 1 aliphatic heterocycles. The van der Waals surface area contributed by atoms with Gasteiger partial charge < -0.3 is 25.2 Å². The Morgan fingerprint density at radius 2 is 1.79 bits per heavy atom. The van der Waals surface area contributed by atoms with E-state index < -0.39 is 12.1 Å². The highest BCUT2D eigenvalue weighted by Crippen LogP contribution is 2.36. The minimum atomic E-state index is -0.540. The molecule has 2 N–H and O–H groups in total. The van der Waals surface area contributed by atoms with Crippen LogP contribution in [0, 0.1) is 0 Å². The molecule has 1 atom stereocenters. The average Bonchev–Trinajstić information content (AvgIpc) is 2.64. The Morgan fingerprint density at radius 3 is 2.46 bits per heavy atom. The number of urea groups is 1. The van der Waals surface area contributed by atoms with Crippen molar-refractivity contribution in [1.82, 2.24) is 4.90 Å². The van der Waals surface area contributed by atoms with E-state index in [1.807, 2.05) is 19.0 Å². The van der Waals surface area contributed by atoms with Crippen LogP contribution in [0.5, 0.6) is 5.75 Å². The predicted molar refractivity (Wildman–Crippen MR) is 112 cm³/mol. The molecule has 0 saturated heterocycles. The lowest BCUT2D eigenvalue weighted by Gasteiger charge is -2.34. The van der Waals surface area contributed by atoms with Gasteiger partial charge >= 0.3 is 6.03 Å². The number of anilines is 3. The first-order chi connectivity index (χ1) is 13.3. The van der Waals surface area contributed by atoms with Gasteiger partial charge in [0, 0.05) is 29.5 Å². The second kappa shape index (κ2) is 8.50. The maximum absolute atomic E-state index is 12.6. The molecule has 1 unspecified atom stereocenters. The maximum Gasteiger partial charge on any atom is 0.323 e. The summed E-state index contributed by atoms with van der Waals surface area (Å²) in [5.74, 6) is 0.520. The standard InChI is InChI=1S/C20H23ClN4O3/c1-13-19(26)25(11-10-24(2)3)17-12-16(8-9-18(17)28-13)23-20(27)22-15-6-4-14(21)5-7-15/h4-9,12-13H,10-11H2,1-3H3,(H2,22,23,27). The van der Waals surface area contributed by atoms with Crippen LogP contribution in [0.15, 0.2) is 42.5 Å². The number of likely N-dealkylation sites (N-methyl/N-ethyl adjacent to an activating group) is 1. The van der Waals surface area contributed by atoms with E-state index in [0.29, 0.717) is 40.9 Å². The van der Waals surface area contributed by atoms with E-state index in [9.17, 15) is 9.59 Å². The van der Waals surface area contributed by atoms with Crippen LogP contribution in [0.25, 0.3) is 0 Å². The smallest absolute Gasteiger partial charge is 0.323 e. The highest BCUT2D eigenvalue weighted by molar-refractivity contribution is 6.30. The molecular weight excluding hydrogens is 380 g/mol. The van der Waals surface area contributed by atoms with E-state index in [4.69, 9.17) is 16.3 Å². The van der Waals surface area contributed by atoms with E-state index in [0.717, 1.165) is 0 Å². The summed E-state index contributed by atoms with van der Waals surface area (Å²) < 4.78 is 5.70. The summed E-state index contributed by atoms with van der Waals surface area (Å²) in [6, 6.07) is 11.7. The zero-order chi connectivity index (χ0) is 20.3. The lowest BCUT2D eigenvalue weighted by molar-refractivity contribution is -0.125. The number of hydrogen-bond donors (Lipinski definition) is 2. The number of nitrogens with one attached hydrogen (secondary N) is 2. The van der Waals surface area contributed by atoms with Gasteiger partial charge in [-0.2, -0.15) is 0 Å². The van der Waals surface area contributed by atoms with Gasteiger partial charge in [0.05, 0.1) is 5.69 Å². The van der Waals surface area contributed by atoms with Crippen molar-refractivity contribution in [2.45, 2.75) is 13.0 Å². The van der Waals surface area contributed by atoms with Gasteiger partial charge in [-0.05, 0) is 63.5 Å². The Kier molecular flexibility index (Phi) is 6.06. The van der Waals surface area contributed by atoms with E-state index in [2.05, 4.69) is 10.6 Å². The summed E-state index contributed by atoms with van der Waals surface area (Å²) >= 11 is 5.85. The predicted octanol–water partition coefficient (Wildman–Crippen LogP) is 3.66. The molecule has 3 rings (SSSR count). The molecule has 148 valence electrons. The van der Waals surface area contributed by atoms with Crippen molar-refractivity contribution in [2.75, 3.05) is 42.7 Å². The number of ether oxygens (including phenoxy) is 1. The zero-order valence-corrected chi connectivity index (χ0v) is 16.8. The number of nitrogens with zero attached hydrogens (tertiary/aromatic N) is 2. The summed E-state index contributed by atoms with van der Waals surface area (Å²) in [6.45, 7) is 2.99. The number of amides is 3. The molecule has 2 aromatic carbocycles. The lowest BCUT2D eigenvalue weighted by Crippen LogP contribution is -2.46. The van der Waals surface area contributed by atoms with E-state index in [-0.39, 0.29) is 5.91 Å². The SMILES string of the molecule is CC1Oc2ccc(NC(=O)Nc3ccc(Cl)cc3)cc2N(CCN(C)C)C1=O. The summed E-state index contributed by atoms with van der Waals surface area (Å²) in [5, 5.41) is 6.11. The molecule has 0 radical (unpaired) electrons. The summed E-state index contributed by atoms with van der Waals surface area (Å²) in [7, 11) is 3.91. The lowest BCUT2D eigenvalue weighted by atomic mass is 10.1. The fourth-order valence-electron chi connectivity index (χ4n) is 2.84. The topological polar surface area (TPSA) is 73.9 Å². The molecule has 0 spiro atoms. The molecule has 0 aliphatic carbocycles. The molecule has 0 fully saturated rings. The highest BCUT2D eigenvalue weighted by atomic mass is 35.5. The van der Waals surface area contributed by atoms with Gasteiger partial charge in [-0.1, -0.05) is 11.6 Å². The van der Waals surface area contributed by atoms with Crippen LogP contribution >= 0.6 is 11.6 Å². The maximum atomic E-state index is 12.6. The normalized spacial score (nSPS) is 15.8. The van der Waals surface area contributed by atoms with Gasteiger partial charge in [-0.15, -0.1) is 0 Å². The van der Waals surface area contributed by atoms with Crippen LogP contribution in [0.2, 0.25) is 5.02 Å². The van der Waals surface area contributed by atoms with Gasteiger partial charge in [0.15, 0.2) is 6.10 Å². The van der Waals surface area contributed by atoms with Crippen molar-refractivity contribution in [3.05, 3.63) is 47.5 Å². The highest BCUT2D eigenvalue weighted by Gasteiger charge is 2.31. The van der Waals surface area contributed by atoms with E-state index in [1.165, 1.54) is 0 Å². The Morgan fingerprint density at radius 1 is 1.14 bits per heavy atom. The average molecular weight is 403 g/mol. The molecule has 2 aromatic rings. The van der Waals surface area contributed by atoms with Crippen LogP contribution in [0.1, 0.15) is 6.92 Å². The third-order valence-corrected chi connectivity index (χ3v) is 4.55. The van der Waals surface area contributed by atoms with Crippen molar-refractivity contribution in [3.8, 4) is 5.75 Å². The van der Waals surface area contributed by atoms with Crippen LogP contribution in [-0.2, 0) is 4.79 Å². The van der Waals surface area contributed by atoms with E-state index in [1.54, 1.807) is 54.3 Å². The van der Waals surface area contributed by atoms with Crippen molar-refractivity contribution in [3.63, 3.8) is 0 Å². The molecule has 1 heterocycles. The van der Waals surface area contributed by atoms with E-state index >= 15 is 0 Å². The van der Waals surface area contributed by atoms with Crippen molar-refractivity contribution in [2.24, 2.45) is 0 Å². The molecule has 0 saturated carbocycles. The Bertz CT molecular complexity index is 870. The monoisotopic (exact) mass is 402 g/mol. The van der Waals surface area contributed by atoms with Gasteiger partial charge in [-0.3, -0.25) is 4.79 Å². The Balaban J connectivity index is 1.76. The Hall–Kier alpha value is -2.77. The number of carbonyl (C=O) groups is 2. The number of halogens is 1. The van der Waals surface area contributed by atoms with Gasteiger partial charge in [0.2, 0.25) is 0 Å². The van der Waals surface area contributed by atoms with Gasteiger partial charge in [-0.25, -0.2) is 4.79 Å². The first kappa shape index (κ1) is 20.0. The molecule has 3 amide bonds. The van der Waals surface area contributed by atoms with Crippen LogP contribution in [-0.4, -0.2) is 50.1 Å². The summed E-state index contributed by atoms with van der Waals surface area (Å²) in [4.78, 5) is 28.6. The Labute approximate surface area is 169 Å². The number of hydrogen-bond acceptors (Lipinski definition) is 4. The molecule has 0 aromatic heterocycles. The van der Waals surface area contributed by atoms with Crippen LogP contribution in [0.3, 0.4) is 0 Å². The molecule has 0 bridgehead atoms. The number of rotatable bonds is 5. The summed E-state index contributed by atoms with van der Waals surface area (Å²) in [5.41, 5.74) is 1.83. The number of carbonyl (C=O) groups excluding carboxylic acids is 2. The largest absolute Gasteiger partial charge is 0.479 e. The molecule has 28 heavy (non-hydrogen) atoms. The molecular formula is C20H23ClN4O3. The molecule has 8 heteroatoms. The third-order valence-electron chi connectivity index (χ3n) is 4.30. The quantitative estimate of drug-likeness (QED) is 0.800. The first-order valence-corrected chi connectivity index (χ1v) is 9.31. The first-order valence-electron chi connectivity index (χ1n) is 8.94. The second-order valence-corrected chi connectivity index (χ2v) is 7.26. The molecule has 7 nitrogen and oxygen atoms in total.